The molecule has 0 aliphatic heterocycles. The SMILES string of the molecule is C[C@@H]1CCCC[C@@H]1NC(=O)[C@@H](C)OC(=O)c1nn(C)c(=O)c2ccccc12. The third kappa shape index (κ3) is 4.02. The lowest BCUT2D eigenvalue weighted by Gasteiger charge is -2.30. The zero-order valence-electron chi connectivity index (χ0n) is 15.9. The monoisotopic (exact) mass is 371 g/mol. The summed E-state index contributed by atoms with van der Waals surface area (Å²) in [5, 5.41) is 7.83. The summed E-state index contributed by atoms with van der Waals surface area (Å²) in [6.07, 6.45) is 3.37. The van der Waals surface area contributed by atoms with E-state index in [1.165, 1.54) is 13.5 Å². The largest absolute Gasteiger partial charge is 0.448 e. The molecule has 0 saturated heterocycles. The van der Waals surface area contributed by atoms with Crippen LogP contribution in [0.3, 0.4) is 0 Å². The lowest BCUT2D eigenvalue weighted by Crippen LogP contribution is -2.46. The third-order valence-electron chi connectivity index (χ3n) is 5.24. The topological polar surface area (TPSA) is 90.3 Å². The Balaban J connectivity index is 1.75. The number of aryl methyl sites for hydroxylation is 1. The zero-order valence-corrected chi connectivity index (χ0v) is 15.9. The lowest BCUT2D eigenvalue weighted by atomic mass is 9.86. The van der Waals surface area contributed by atoms with Gasteiger partial charge in [-0.05, 0) is 31.7 Å². The van der Waals surface area contributed by atoms with Crippen molar-refractivity contribution in [1.82, 2.24) is 15.1 Å². The van der Waals surface area contributed by atoms with E-state index >= 15 is 0 Å². The molecule has 1 fully saturated rings. The maximum atomic E-state index is 12.6. The van der Waals surface area contributed by atoms with Crippen molar-refractivity contribution in [1.29, 1.82) is 0 Å². The summed E-state index contributed by atoms with van der Waals surface area (Å²) in [4.78, 5) is 37.2. The lowest BCUT2D eigenvalue weighted by molar-refractivity contribution is -0.130. The van der Waals surface area contributed by atoms with Crippen LogP contribution >= 0.6 is 0 Å². The van der Waals surface area contributed by atoms with E-state index in [9.17, 15) is 14.4 Å². The van der Waals surface area contributed by atoms with Crippen molar-refractivity contribution >= 4 is 22.6 Å². The fraction of sp³-hybridized carbons (Fsp3) is 0.500. The number of rotatable bonds is 4. The van der Waals surface area contributed by atoms with Crippen LogP contribution in [0.2, 0.25) is 0 Å². The second kappa shape index (κ2) is 7.90. The van der Waals surface area contributed by atoms with Gasteiger partial charge in [0.15, 0.2) is 11.8 Å². The van der Waals surface area contributed by atoms with Crippen LogP contribution < -0.4 is 10.9 Å². The van der Waals surface area contributed by atoms with Gasteiger partial charge in [0, 0.05) is 18.5 Å². The Morgan fingerprint density at radius 1 is 1.22 bits per heavy atom. The van der Waals surface area contributed by atoms with E-state index in [2.05, 4.69) is 17.3 Å². The van der Waals surface area contributed by atoms with E-state index in [1.54, 1.807) is 31.2 Å². The van der Waals surface area contributed by atoms with E-state index in [4.69, 9.17) is 4.74 Å². The number of hydrogen-bond acceptors (Lipinski definition) is 5. The predicted molar refractivity (Wildman–Crippen MR) is 101 cm³/mol. The summed E-state index contributed by atoms with van der Waals surface area (Å²) in [6, 6.07) is 6.84. The summed E-state index contributed by atoms with van der Waals surface area (Å²) in [5.74, 6) is -0.614. The Morgan fingerprint density at radius 3 is 2.59 bits per heavy atom. The normalized spacial score (nSPS) is 20.9. The van der Waals surface area contributed by atoms with Crippen molar-refractivity contribution in [3.8, 4) is 0 Å². The highest BCUT2D eigenvalue weighted by Gasteiger charge is 2.27. The molecule has 1 aromatic heterocycles. The number of nitrogens with zero attached hydrogens (tertiary/aromatic N) is 2. The van der Waals surface area contributed by atoms with Gasteiger partial charge in [0.25, 0.3) is 11.5 Å². The van der Waals surface area contributed by atoms with Crippen molar-refractivity contribution in [2.75, 3.05) is 0 Å². The smallest absolute Gasteiger partial charge is 0.360 e. The summed E-state index contributed by atoms with van der Waals surface area (Å²) in [6.45, 7) is 3.67. The fourth-order valence-electron chi connectivity index (χ4n) is 3.55. The number of esters is 1. The van der Waals surface area contributed by atoms with Crippen LogP contribution in [-0.2, 0) is 16.6 Å². The van der Waals surface area contributed by atoms with E-state index in [-0.39, 0.29) is 23.2 Å². The van der Waals surface area contributed by atoms with Crippen LogP contribution in [0, 0.1) is 5.92 Å². The van der Waals surface area contributed by atoms with E-state index in [1.807, 2.05) is 0 Å². The summed E-state index contributed by atoms with van der Waals surface area (Å²) in [5.41, 5.74) is -0.266. The number of ether oxygens (including phenoxy) is 1. The highest BCUT2D eigenvalue weighted by molar-refractivity contribution is 6.02. The van der Waals surface area contributed by atoms with Crippen molar-refractivity contribution in [3.63, 3.8) is 0 Å². The molecule has 1 aliphatic rings. The molecule has 7 nitrogen and oxygen atoms in total. The minimum absolute atomic E-state index is 0.0263. The molecule has 0 unspecified atom stereocenters. The molecule has 0 radical (unpaired) electrons. The van der Waals surface area contributed by atoms with Gasteiger partial charge in [0.1, 0.15) is 0 Å². The predicted octanol–water partition coefficient (Wildman–Crippen LogP) is 2.17. The van der Waals surface area contributed by atoms with Crippen molar-refractivity contribution in [2.24, 2.45) is 13.0 Å². The number of nitrogens with one attached hydrogen (secondary N) is 1. The van der Waals surface area contributed by atoms with Crippen molar-refractivity contribution in [3.05, 3.63) is 40.3 Å². The van der Waals surface area contributed by atoms with Crippen LogP contribution in [0.1, 0.15) is 50.0 Å². The summed E-state index contributed by atoms with van der Waals surface area (Å²) < 4.78 is 6.45. The standard InChI is InChI=1S/C20H25N3O4/c1-12-8-4-7-11-16(12)21-18(24)13(2)27-20(26)17-14-9-5-6-10-15(14)19(25)23(3)22-17/h5-6,9-10,12-13,16H,4,7-8,11H2,1-3H3,(H,21,24)/t12-,13-,16+/m1/s1. The number of fused-ring (bicyclic) bond motifs is 1. The molecule has 3 atom stereocenters. The average molecular weight is 371 g/mol. The molecule has 27 heavy (non-hydrogen) atoms. The Morgan fingerprint density at radius 2 is 1.89 bits per heavy atom. The van der Waals surface area contributed by atoms with Crippen molar-refractivity contribution in [2.45, 2.75) is 51.7 Å². The first-order valence-electron chi connectivity index (χ1n) is 9.36. The molecule has 7 heteroatoms. The molecule has 1 aromatic carbocycles. The first-order valence-corrected chi connectivity index (χ1v) is 9.36. The molecular weight excluding hydrogens is 346 g/mol. The van der Waals surface area contributed by atoms with Gasteiger partial charge in [-0.15, -0.1) is 0 Å². The molecule has 1 saturated carbocycles. The van der Waals surface area contributed by atoms with Crippen LogP contribution in [-0.4, -0.2) is 33.8 Å². The number of aromatic nitrogens is 2. The van der Waals surface area contributed by atoms with Gasteiger partial charge in [-0.3, -0.25) is 9.59 Å². The van der Waals surface area contributed by atoms with Gasteiger partial charge in [0.05, 0.1) is 5.39 Å². The van der Waals surface area contributed by atoms with Gasteiger partial charge in [-0.1, -0.05) is 38.0 Å². The number of carbonyl (C=O) groups is 2. The Labute approximate surface area is 157 Å². The summed E-state index contributed by atoms with van der Waals surface area (Å²) in [7, 11) is 1.48. The second-order valence-corrected chi connectivity index (χ2v) is 7.25. The minimum Gasteiger partial charge on any atom is -0.448 e. The summed E-state index contributed by atoms with van der Waals surface area (Å²) >= 11 is 0. The molecule has 2 aromatic rings. The van der Waals surface area contributed by atoms with Crippen LogP contribution in [0.15, 0.2) is 29.1 Å². The van der Waals surface area contributed by atoms with Gasteiger partial charge in [-0.25, -0.2) is 9.48 Å². The molecule has 144 valence electrons. The quantitative estimate of drug-likeness (QED) is 0.832. The van der Waals surface area contributed by atoms with Crippen LogP contribution in [0.4, 0.5) is 0 Å². The molecule has 1 heterocycles. The average Bonchev–Trinajstić information content (AvgIpc) is 2.66. The molecule has 1 amide bonds. The van der Waals surface area contributed by atoms with Crippen LogP contribution in [0.25, 0.3) is 10.8 Å². The number of benzene rings is 1. The highest BCUT2D eigenvalue weighted by Crippen LogP contribution is 2.24. The van der Waals surface area contributed by atoms with Gasteiger partial charge < -0.3 is 10.1 Å². The third-order valence-corrected chi connectivity index (χ3v) is 5.24. The number of hydrogen-bond donors (Lipinski definition) is 1. The van der Waals surface area contributed by atoms with E-state index in [0.29, 0.717) is 16.7 Å². The molecule has 0 spiro atoms. The molecule has 3 rings (SSSR count). The van der Waals surface area contributed by atoms with E-state index < -0.39 is 12.1 Å². The van der Waals surface area contributed by atoms with Crippen LogP contribution in [0.5, 0.6) is 0 Å². The maximum Gasteiger partial charge on any atom is 0.360 e. The maximum absolute atomic E-state index is 12.6. The Kier molecular flexibility index (Phi) is 5.58. The molecular formula is C20H25N3O4. The number of amides is 1. The first kappa shape index (κ1) is 19.1. The van der Waals surface area contributed by atoms with Crippen molar-refractivity contribution < 1.29 is 14.3 Å². The van der Waals surface area contributed by atoms with Gasteiger partial charge in [0.2, 0.25) is 0 Å². The fourth-order valence-corrected chi connectivity index (χ4v) is 3.55. The second-order valence-electron chi connectivity index (χ2n) is 7.25. The first-order chi connectivity index (χ1) is 12.9. The highest BCUT2D eigenvalue weighted by atomic mass is 16.5. The zero-order chi connectivity index (χ0) is 19.6. The Bertz CT molecular complexity index is 921. The molecule has 0 bridgehead atoms. The van der Waals surface area contributed by atoms with Gasteiger partial charge >= 0.3 is 5.97 Å². The van der Waals surface area contributed by atoms with Gasteiger partial charge in [-0.2, -0.15) is 5.10 Å². The minimum atomic E-state index is -0.940. The molecule has 1 aliphatic carbocycles. The van der Waals surface area contributed by atoms with E-state index in [0.717, 1.165) is 23.9 Å². The number of carbonyl (C=O) groups excluding carboxylic acids is 2. The molecule has 1 N–H and O–H groups in total. The Hall–Kier alpha value is -2.70.